The number of aryl methyl sites for hydroxylation is 1. The summed E-state index contributed by atoms with van der Waals surface area (Å²) in [7, 11) is 1.62. The van der Waals surface area contributed by atoms with Crippen LogP contribution in [0.25, 0.3) is 0 Å². The van der Waals surface area contributed by atoms with Crippen LogP contribution in [0.1, 0.15) is 18.2 Å². The number of hydrogen-bond acceptors (Lipinski definition) is 6. The van der Waals surface area contributed by atoms with Crippen molar-refractivity contribution in [2.75, 3.05) is 19.1 Å². The van der Waals surface area contributed by atoms with Gasteiger partial charge in [-0.05, 0) is 37.6 Å². The number of benzene rings is 1. The summed E-state index contributed by atoms with van der Waals surface area (Å²) < 4.78 is 10.8. The van der Waals surface area contributed by atoms with Crippen molar-refractivity contribution in [2.24, 2.45) is 5.10 Å². The average molecular weight is 291 g/mol. The molecule has 0 fully saturated rings. The maximum atomic E-state index is 5.47. The summed E-state index contributed by atoms with van der Waals surface area (Å²) in [6.07, 6.45) is 1.72. The summed E-state index contributed by atoms with van der Waals surface area (Å²) in [5.41, 5.74) is 4.80. The molecule has 0 radical (unpaired) electrons. The third-order valence-corrected chi connectivity index (χ3v) is 3.35. The van der Waals surface area contributed by atoms with Crippen molar-refractivity contribution in [3.8, 4) is 11.5 Å². The van der Waals surface area contributed by atoms with Crippen LogP contribution in [0.15, 0.2) is 28.7 Å². The van der Waals surface area contributed by atoms with Crippen LogP contribution in [0.5, 0.6) is 11.5 Å². The molecule has 0 spiro atoms. The van der Waals surface area contributed by atoms with Crippen LogP contribution in [0.4, 0.5) is 5.13 Å². The van der Waals surface area contributed by atoms with Gasteiger partial charge in [0.2, 0.25) is 5.13 Å². The fraction of sp³-hybridized carbons (Fsp3) is 0.286. The minimum absolute atomic E-state index is 0.606. The molecular formula is C14H17N3O2S. The molecule has 106 valence electrons. The highest BCUT2D eigenvalue weighted by Crippen LogP contribution is 2.27. The maximum Gasteiger partial charge on any atom is 0.203 e. The van der Waals surface area contributed by atoms with E-state index in [1.165, 1.54) is 11.3 Å². The molecule has 1 aromatic heterocycles. The Labute approximate surface area is 122 Å². The van der Waals surface area contributed by atoms with Gasteiger partial charge in [-0.25, -0.2) is 4.98 Å². The quantitative estimate of drug-likeness (QED) is 0.655. The standard InChI is InChI=1S/C14H17N3O2S/c1-4-19-12-6-5-11(7-13(12)18-3)8-15-17-14-16-10(2)9-20-14/h5-9H,4H2,1-3H3,(H,16,17). The smallest absolute Gasteiger partial charge is 0.203 e. The molecule has 0 unspecified atom stereocenters. The van der Waals surface area contributed by atoms with Crippen molar-refractivity contribution < 1.29 is 9.47 Å². The number of thiazole rings is 1. The molecule has 0 bridgehead atoms. The van der Waals surface area contributed by atoms with E-state index in [4.69, 9.17) is 9.47 Å². The van der Waals surface area contributed by atoms with Gasteiger partial charge >= 0.3 is 0 Å². The maximum absolute atomic E-state index is 5.47. The van der Waals surface area contributed by atoms with Gasteiger partial charge in [-0.15, -0.1) is 11.3 Å². The van der Waals surface area contributed by atoms with E-state index in [-0.39, 0.29) is 0 Å². The molecule has 0 saturated carbocycles. The first kappa shape index (κ1) is 14.3. The molecule has 2 rings (SSSR count). The molecule has 0 atom stereocenters. The van der Waals surface area contributed by atoms with E-state index in [1.807, 2.05) is 37.4 Å². The zero-order chi connectivity index (χ0) is 14.4. The molecular weight excluding hydrogens is 274 g/mol. The first-order valence-corrected chi connectivity index (χ1v) is 7.13. The lowest BCUT2D eigenvalue weighted by atomic mass is 10.2. The van der Waals surface area contributed by atoms with E-state index in [0.717, 1.165) is 22.1 Å². The molecule has 0 aliphatic rings. The van der Waals surface area contributed by atoms with Crippen LogP contribution in [0.2, 0.25) is 0 Å². The third kappa shape index (κ3) is 3.71. The molecule has 5 nitrogen and oxygen atoms in total. The number of aromatic nitrogens is 1. The van der Waals surface area contributed by atoms with Crippen LogP contribution in [-0.2, 0) is 0 Å². The summed E-state index contributed by atoms with van der Waals surface area (Å²) >= 11 is 1.52. The fourth-order valence-corrected chi connectivity index (χ4v) is 2.24. The van der Waals surface area contributed by atoms with Gasteiger partial charge in [0.1, 0.15) is 0 Å². The Hall–Kier alpha value is -2.08. The number of anilines is 1. The molecule has 0 amide bonds. The van der Waals surface area contributed by atoms with E-state index in [0.29, 0.717) is 12.4 Å². The topological polar surface area (TPSA) is 55.7 Å². The van der Waals surface area contributed by atoms with Crippen molar-refractivity contribution in [2.45, 2.75) is 13.8 Å². The van der Waals surface area contributed by atoms with Gasteiger partial charge in [-0.1, -0.05) is 0 Å². The summed E-state index contributed by atoms with van der Waals surface area (Å²) in [5, 5.41) is 6.90. The second-order valence-corrected chi connectivity index (χ2v) is 4.87. The molecule has 0 aliphatic carbocycles. The Morgan fingerprint density at radius 2 is 2.25 bits per heavy atom. The predicted molar refractivity (Wildman–Crippen MR) is 82.2 cm³/mol. The van der Waals surface area contributed by atoms with Gasteiger partial charge in [0.05, 0.1) is 25.6 Å². The highest BCUT2D eigenvalue weighted by molar-refractivity contribution is 7.13. The number of methoxy groups -OCH3 is 1. The largest absolute Gasteiger partial charge is 0.493 e. The van der Waals surface area contributed by atoms with Gasteiger partial charge in [0.25, 0.3) is 0 Å². The highest BCUT2D eigenvalue weighted by Gasteiger charge is 2.04. The van der Waals surface area contributed by atoms with Gasteiger partial charge in [-0.3, -0.25) is 5.43 Å². The zero-order valence-electron chi connectivity index (χ0n) is 11.7. The van der Waals surface area contributed by atoms with Crippen molar-refractivity contribution in [3.63, 3.8) is 0 Å². The number of ether oxygens (including phenoxy) is 2. The fourth-order valence-electron chi connectivity index (χ4n) is 1.61. The van der Waals surface area contributed by atoms with Gasteiger partial charge in [0, 0.05) is 5.38 Å². The monoisotopic (exact) mass is 291 g/mol. The normalized spacial score (nSPS) is 10.8. The van der Waals surface area contributed by atoms with E-state index < -0.39 is 0 Å². The van der Waals surface area contributed by atoms with E-state index in [2.05, 4.69) is 15.5 Å². The Balaban J connectivity index is 2.05. The van der Waals surface area contributed by atoms with Crippen LogP contribution in [0, 0.1) is 6.92 Å². The van der Waals surface area contributed by atoms with Crippen LogP contribution >= 0.6 is 11.3 Å². The molecule has 1 aromatic carbocycles. The second kappa shape index (κ2) is 6.91. The minimum Gasteiger partial charge on any atom is -0.493 e. The highest BCUT2D eigenvalue weighted by atomic mass is 32.1. The molecule has 0 saturated heterocycles. The van der Waals surface area contributed by atoms with Gasteiger partial charge < -0.3 is 9.47 Å². The number of nitrogens with one attached hydrogen (secondary N) is 1. The molecule has 1 N–H and O–H groups in total. The van der Waals surface area contributed by atoms with Crippen LogP contribution < -0.4 is 14.9 Å². The summed E-state index contributed by atoms with van der Waals surface area (Å²) in [4.78, 5) is 4.26. The molecule has 1 heterocycles. The van der Waals surface area contributed by atoms with Gasteiger partial charge in [-0.2, -0.15) is 5.10 Å². The Kier molecular flexibility index (Phi) is 4.95. The summed E-state index contributed by atoms with van der Waals surface area (Å²) in [6.45, 7) is 4.49. The van der Waals surface area contributed by atoms with Crippen LogP contribution in [0.3, 0.4) is 0 Å². The lowest BCUT2D eigenvalue weighted by Gasteiger charge is -2.09. The summed E-state index contributed by atoms with van der Waals surface area (Å²) in [5.74, 6) is 1.43. The molecule has 20 heavy (non-hydrogen) atoms. The predicted octanol–water partition coefficient (Wildman–Crippen LogP) is 3.30. The lowest BCUT2D eigenvalue weighted by Crippen LogP contribution is -1.96. The number of rotatable bonds is 6. The van der Waals surface area contributed by atoms with Crippen LogP contribution in [-0.4, -0.2) is 24.9 Å². The van der Waals surface area contributed by atoms with Crippen molar-refractivity contribution in [1.82, 2.24) is 4.98 Å². The summed E-state index contributed by atoms with van der Waals surface area (Å²) in [6, 6.07) is 5.67. The molecule has 0 aliphatic heterocycles. The molecule has 6 heteroatoms. The SMILES string of the molecule is CCOc1ccc(C=NNc2nc(C)cs2)cc1OC. The lowest BCUT2D eigenvalue weighted by molar-refractivity contribution is 0.311. The number of nitrogens with zero attached hydrogens (tertiary/aromatic N) is 2. The van der Waals surface area contributed by atoms with Gasteiger partial charge in [0.15, 0.2) is 11.5 Å². The van der Waals surface area contributed by atoms with E-state index in [1.54, 1.807) is 13.3 Å². The minimum atomic E-state index is 0.606. The zero-order valence-corrected chi connectivity index (χ0v) is 12.5. The van der Waals surface area contributed by atoms with E-state index in [9.17, 15) is 0 Å². The van der Waals surface area contributed by atoms with Crippen molar-refractivity contribution in [3.05, 3.63) is 34.8 Å². The Morgan fingerprint density at radius 1 is 1.40 bits per heavy atom. The second-order valence-electron chi connectivity index (χ2n) is 4.01. The van der Waals surface area contributed by atoms with Crippen molar-refractivity contribution >= 4 is 22.7 Å². The Bertz CT molecular complexity index is 596. The first-order chi connectivity index (χ1) is 9.72. The van der Waals surface area contributed by atoms with Crippen molar-refractivity contribution in [1.29, 1.82) is 0 Å². The number of hydrazone groups is 1. The Morgan fingerprint density at radius 3 is 2.90 bits per heavy atom. The first-order valence-electron chi connectivity index (χ1n) is 6.25. The average Bonchev–Trinajstić information content (AvgIpc) is 2.86. The molecule has 2 aromatic rings. The number of hydrogen-bond donors (Lipinski definition) is 1. The third-order valence-electron chi connectivity index (χ3n) is 2.48. The van der Waals surface area contributed by atoms with E-state index >= 15 is 0 Å².